The van der Waals surface area contributed by atoms with E-state index in [2.05, 4.69) is 0 Å². The van der Waals surface area contributed by atoms with Crippen LogP contribution in [0.15, 0.2) is 12.1 Å². The van der Waals surface area contributed by atoms with E-state index in [4.69, 9.17) is 14.6 Å². The maximum absolute atomic E-state index is 10.8. The molecule has 1 aromatic carbocycles. The number of rotatable bonds is 3. The Labute approximate surface area is 95.8 Å². The van der Waals surface area contributed by atoms with E-state index in [1.54, 1.807) is 13.0 Å². The van der Waals surface area contributed by atoms with Crippen molar-refractivity contribution in [2.45, 2.75) is 20.8 Å². The SMILES string of the molecule is CC.COc1cc(C)c(C(=O)O)cc1OC. The summed E-state index contributed by atoms with van der Waals surface area (Å²) in [5.74, 6) is -0.00560. The van der Waals surface area contributed by atoms with Crippen LogP contribution in [0, 0.1) is 6.92 Å². The third kappa shape index (κ3) is 3.15. The average molecular weight is 226 g/mol. The van der Waals surface area contributed by atoms with Gasteiger partial charge in [0.05, 0.1) is 19.8 Å². The Balaban J connectivity index is 0.00000106. The minimum atomic E-state index is -0.969. The van der Waals surface area contributed by atoms with E-state index in [1.165, 1.54) is 20.3 Å². The Morgan fingerprint density at radius 3 is 1.94 bits per heavy atom. The maximum atomic E-state index is 10.8. The maximum Gasteiger partial charge on any atom is 0.336 e. The van der Waals surface area contributed by atoms with Crippen molar-refractivity contribution in [3.63, 3.8) is 0 Å². The molecule has 0 saturated carbocycles. The Morgan fingerprint density at radius 1 is 1.12 bits per heavy atom. The molecular formula is C12H18O4. The average Bonchev–Trinajstić information content (AvgIpc) is 2.30. The Bertz CT molecular complexity index is 358. The van der Waals surface area contributed by atoms with Crippen molar-refractivity contribution in [1.29, 1.82) is 0 Å². The van der Waals surface area contributed by atoms with E-state index in [0.29, 0.717) is 17.1 Å². The van der Waals surface area contributed by atoms with E-state index in [1.807, 2.05) is 13.8 Å². The quantitative estimate of drug-likeness (QED) is 0.861. The minimum absolute atomic E-state index is 0.225. The lowest BCUT2D eigenvalue weighted by Gasteiger charge is -2.10. The normalized spacial score (nSPS) is 8.81. The van der Waals surface area contributed by atoms with E-state index in [9.17, 15) is 4.79 Å². The molecule has 0 bridgehead atoms. The fourth-order valence-corrected chi connectivity index (χ4v) is 1.21. The molecule has 90 valence electrons. The van der Waals surface area contributed by atoms with Crippen molar-refractivity contribution in [2.24, 2.45) is 0 Å². The monoisotopic (exact) mass is 226 g/mol. The highest BCUT2D eigenvalue weighted by atomic mass is 16.5. The number of carboxylic acids is 1. The molecule has 0 heterocycles. The van der Waals surface area contributed by atoms with Gasteiger partial charge in [-0.15, -0.1) is 0 Å². The van der Waals surface area contributed by atoms with Gasteiger partial charge in [0, 0.05) is 0 Å². The zero-order chi connectivity index (χ0) is 12.7. The third-order valence-corrected chi connectivity index (χ3v) is 1.96. The number of hydrogen-bond acceptors (Lipinski definition) is 3. The summed E-state index contributed by atoms with van der Waals surface area (Å²) in [4.78, 5) is 10.8. The lowest BCUT2D eigenvalue weighted by molar-refractivity contribution is 0.0695. The van der Waals surface area contributed by atoms with Crippen molar-refractivity contribution >= 4 is 5.97 Å². The Morgan fingerprint density at radius 2 is 1.56 bits per heavy atom. The summed E-state index contributed by atoms with van der Waals surface area (Å²) in [5.41, 5.74) is 0.873. The van der Waals surface area contributed by atoms with Crippen LogP contribution in [-0.2, 0) is 0 Å². The van der Waals surface area contributed by atoms with Crippen molar-refractivity contribution in [3.05, 3.63) is 23.3 Å². The number of hydrogen-bond donors (Lipinski definition) is 1. The predicted molar refractivity (Wildman–Crippen MR) is 62.6 cm³/mol. The number of aryl methyl sites for hydroxylation is 1. The zero-order valence-corrected chi connectivity index (χ0v) is 10.3. The molecule has 1 rings (SSSR count). The molecule has 0 unspecified atom stereocenters. The van der Waals surface area contributed by atoms with Crippen LogP contribution in [0.5, 0.6) is 11.5 Å². The van der Waals surface area contributed by atoms with Crippen molar-refractivity contribution < 1.29 is 19.4 Å². The van der Waals surface area contributed by atoms with Gasteiger partial charge in [0.1, 0.15) is 0 Å². The first-order valence-electron chi connectivity index (χ1n) is 5.06. The third-order valence-electron chi connectivity index (χ3n) is 1.96. The van der Waals surface area contributed by atoms with Crippen molar-refractivity contribution in [3.8, 4) is 11.5 Å². The lowest BCUT2D eigenvalue weighted by atomic mass is 10.1. The summed E-state index contributed by atoms with van der Waals surface area (Å²) >= 11 is 0. The van der Waals surface area contributed by atoms with Crippen LogP contribution in [0.3, 0.4) is 0 Å². The van der Waals surface area contributed by atoms with Crippen LogP contribution in [0.2, 0.25) is 0 Å². The second kappa shape index (κ2) is 6.71. The Hall–Kier alpha value is -1.71. The number of carboxylic acid groups (broad SMARTS) is 1. The fraction of sp³-hybridized carbons (Fsp3) is 0.417. The molecule has 0 saturated heterocycles. The summed E-state index contributed by atoms with van der Waals surface area (Å²) in [7, 11) is 2.98. The van der Waals surface area contributed by atoms with Crippen LogP contribution in [0.25, 0.3) is 0 Å². The first kappa shape index (κ1) is 14.3. The number of benzene rings is 1. The summed E-state index contributed by atoms with van der Waals surface area (Å²) in [5, 5.41) is 8.85. The van der Waals surface area contributed by atoms with Gasteiger partial charge in [-0.1, -0.05) is 13.8 Å². The van der Waals surface area contributed by atoms with Crippen LogP contribution in [0.4, 0.5) is 0 Å². The van der Waals surface area contributed by atoms with Gasteiger partial charge in [-0.3, -0.25) is 0 Å². The van der Waals surface area contributed by atoms with E-state index < -0.39 is 5.97 Å². The first-order chi connectivity index (χ1) is 7.60. The van der Waals surface area contributed by atoms with E-state index in [-0.39, 0.29) is 5.56 Å². The molecule has 1 N–H and O–H groups in total. The minimum Gasteiger partial charge on any atom is -0.493 e. The second-order valence-corrected chi connectivity index (χ2v) is 2.83. The second-order valence-electron chi connectivity index (χ2n) is 2.83. The lowest BCUT2D eigenvalue weighted by Crippen LogP contribution is -2.01. The van der Waals surface area contributed by atoms with Gasteiger partial charge in [-0.05, 0) is 24.6 Å². The predicted octanol–water partition coefficient (Wildman–Crippen LogP) is 2.74. The molecular weight excluding hydrogens is 208 g/mol. The molecule has 0 fully saturated rings. The topological polar surface area (TPSA) is 55.8 Å². The van der Waals surface area contributed by atoms with Crippen molar-refractivity contribution in [1.82, 2.24) is 0 Å². The molecule has 0 spiro atoms. The van der Waals surface area contributed by atoms with E-state index in [0.717, 1.165) is 0 Å². The molecule has 0 radical (unpaired) electrons. The highest BCUT2D eigenvalue weighted by Crippen LogP contribution is 2.30. The van der Waals surface area contributed by atoms with Gasteiger partial charge < -0.3 is 14.6 Å². The zero-order valence-electron chi connectivity index (χ0n) is 10.3. The molecule has 0 atom stereocenters. The summed E-state index contributed by atoms with van der Waals surface area (Å²) in [6, 6.07) is 3.10. The molecule has 0 aliphatic heterocycles. The number of ether oxygens (including phenoxy) is 2. The summed E-state index contributed by atoms with van der Waals surface area (Å²) in [6.07, 6.45) is 0. The standard InChI is InChI=1S/C10H12O4.C2H6/c1-6-4-8(13-2)9(14-3)5-7(6)10(11)12;1-2/h4-5H,1-3H3,(H,11,12);1-2H3. The largest absolute Gasteiger partial charge is 0.493 e. The highest BCUT2D eigenvalue weighted by Gasteiger charge is 2.12. The van der Waals surface area contributed by atoms with Gasteiger partial charge in [0.2, 0.25) is 0 Å². The number of methoxy groups -OCH3 is 2. The van der Waals surface area contributed by atoms with Gasteiger partial charge in [-0.25, -0.2) is 4.79 Å². The first-order valence-corrected chi connectivity index (χ1v) is 5.06. The van der Waals surface area contributed by atoms with Gasteiger partial charge in [0.25, 0.3) is 0 Å². The summed E-state index contributed by atoms with van der Waals surface area (Å²) < 4.78 is 10.0. The molecule has 4 nitrogen and oxygen atoms in total. The number of carbonyl (C=O) groups is 1. The van der Waals surface area contributed by atoms with Gasteiger partial charge in [0.15, 0.2) is 11.5 Å². The molecule has 0 aliphatic rings. The highest BCUT2D eigenvalue weighted by molar-refractivity contribution is 5.90. The molecule has 0 aromatic heterocycles. The molecule has 0 aliphatic carbocycles. The van der Waals surface area contributed by atoms with Gasteiger partial charge in [-0.2, -0.15) is 0 Å². The number of aromatic carboxylic acids is 1. The molecule has 1 aromatic rings. The van der Waals surface area contributed by atoms with Crippen LogP contribution in [0.1, 0.15) is 29.8 Å². The van der Waals surface area contributed by atoms with E-state index >= 15 is 0 Å². The molecule has 4 heteroatoms. The Kier molecular flexibility index (Phi) is 6.00. The molecule has 16 heavy (non-hydrogen) atoms. The summed E-state index contributed by atoms with van der Waals surface area (Å²) in [6.45, 7) is 5.71. The van der Waals surface area contributed by atoms with Crippen LogP contribution < -0.4 is 9.47 Å². The van der Waals surface area contributed by atoms with Gasteiger partial charge >= 0.3 is 5.97 Å². The van der Waals surface area contributed by atoms with Crippen LogP contribution in [-0.4, -0.2) is 25.3 Å². The smallest absolute Gasteiger partial charge is 0.336 e. The molecule has 0 amide bonds. The fourth-order valence-electron chi connectivity index (χ4n) is 1.21. The van der Waals surface area contributed by atoms with Crippen LogP contribution >= 0.6 is 0 Å². The van der Waals surface area contributed by atoms with Crippen molar-refractivity contribution in [2.75, 3.05) is 14.2 Å².